The van der Waals surface area contributed by atoms with Crippen LogP contribution in [-0.4, -0.2) is 29.9 Å². The standard InChI is InChI=1S/C19H22N2O/c1-13-10-15(3)20-12-18(13)11-14(2)16-6-8-17(9-7-16)19(22)21(4)5/h6-12H,1-5H3/b14-11+. The first-order valence-electron chi connectivity index (χ1n) is 7.32. The number of hydrogen-bond donors (Lipinski definition) is 0. The lowest BCUT2D eigenvalue weighted by atomic mass is 10.0. The third-order valence-corrected chi connectivity index (χ3v) is 3.65. The van der Waals surface area contributed by atoms with Crippen LogP contribution in [-0.2, 0) is 0 Å². The maximum Gasteiger partial charge on any atom is 0.253 e. The van der Waals surface area contributed by atoms with Crippen molar-refractivity contribution >= 4 is 17.6 Å². The van der Waals surface area contributed by atoms with E-state index in [0.717, 1.165) is 22.4 Å². The molecule has 0 aliphatic rings. The Morgan fingerprint density at radius 2 is 1.68 bits per heavy atom. The summed E-state index contributed by atoms with van der Waals surface area (Å²) in [6, 6.07) is 9.79. The van der Waals surface area contributed by atoms with Crippen molar-refractivity contribution in [2.24, 2.45) is 0 Å². The van der Waals surface area contributed by atoms with Gasteiger partial charge in [0.25, 0.3) is 5.91 Å². The Hall–Kier alpha value is -2.42. The van der Waals surface area contributed by atoms with Crippen LogP contribution < -0.4 is 0 Å². The van der Waals surface area contributed by atoms with Crippen LogP contribution in [0.4, 0.5) is 0 Å². The highest BCUT2D eigenvalue weighted by Gasteiger charge is 2.07. The van der Waals surface area contributed by atoms with Gasteiger partial charge in [-0.15, -0.1) is 0 Å². The SMILES string of the molecule is C/C(=C\c1cnc(C)cc1C)c1ccc(C(=O)N(C)C)cc1. The second kappa shape index (κ2) is 6.56. The average molecular weight is 294 g/mol. The summed E-state index contributed by atoms with van der Waals surface area (Å²) in [5.41, 5.74) is 6.32. The first kappa shape index (κ1) is 16.0. The van der Waals surface area contributed by atoms with Gasteiger partial charge in [-0.05, 0) is 67.3 Å². The summed E-state index contributed by atoms with van der Waals surface area (Å²) in [4.78, 5) is 17.8. The molecule has 0 aliphatic heterocycles. The molecular weight excluding hydrogens is 272 g/mol. The van der Waals surface area contributed by atoms with Crippen LogP contribution in [0.25, 0.3) is 11.6 Å². The van der Waals surface area contributed by atoms with E-state index in [1.54, 1.807) is 19.0 Å². The third kappa shape index (κ3) is 3.61. The molecule has 0 aliphatic carbocycles. The van der Waals surface area contributed by atoms with Crippen LogP contribution in [0, 0.1) is 13.8 Å². The first-order chi connectivity index (χ1) is 10.4. The van der Waals surface area contributed by atoms with E-state index in [9.17, 15) is 4.79 Å². The van der Waals surface area contributed by atoms with E-state index in [2.05, 4.69) is 31.0 Å². The van der Waals surface area contributed by atoms with Crippen LogP contribution in [0.2, 0.25) is 0 Å². The van der Waals surface area contributed by atoms with Crippen LogP contribution in [0.1, 0.15) is 39.7 Å². The molecule has 0 N–H and O–H groups in total. The Labute approximate surface area is 132 Å². The Morgan fingerprint density at radius 1 is 1.09 bits per heavy atom. The maximum atomic E-state index is 11.9. The normalized spacial score (nSPS) is 11.4. The van der Waals surface area contributed by atoms with Crippen LogP contribution >= 0.6 is 0 Å². The number of aryl methyl sites for hydroxylation is 2. The number of amides is 1. The molecule has 114 valence electrons. The smallest absolute Gasteiger partial charge is 0.253 e. The van der Waals surface area contributed by atoms with Gasteiger partial charge in [-0.1, -0.05) is 12.1 Å². The quantitative estimate of drug-likeness (QED) is 0.858. The van der Waals surface area contributed by atoms with E-state index in [0.29, 0.717) is 5.56 Å². The van der Waals surface area contributed by atoms with Crippen molar-refractivity contribution in [2.45, 2.75) is 20.8 Å². The summed E-state index contributed by atoms with van der Waals surface area (Å²) in [5.74, 6) is 0.0201. The molecule has 0 saturated heterocycles. The van der Waals surface area contributed by atoms with Crippen molar-refractivity contribution in [3.63, 3.8) is 0 Å². The van der Waals surface area contributed by atoms with E-state index in [1.165, 1.54) is 5.56 Å². The van der Waals surface area contributed by atoms with Crippen molar-refractivity contribution in [2.75, 3.05) is 14.1 Å². The van der Waals surface area contributed by atoms with E-state index in [-0.39, 0.29) is 5.91 Å². The molecule has 1 aromatic carbocycles. The number of allylic oxidation sites excluding steroid dienone is 1. The molecule has 0 spiro atoms. The Bertz CT molecular complexity index is 713. The van der Waals surface area contributed by atoms with Gasteiger partial charge in [0, 0.05) is 31.5 Å². The molecule has 2 aromatic rings. The van der Waals surface area contributed by atoms with Crippen LogP contribution in [0.5, 0.6) is 0 Å². The summed E-state index contributed by atoms with van der Waals surface area (Å²) in [5, 5.41) is 0. The van der Waals surface area contributed by atoms with Crippen molar-refractivity contribution in [1.29, 1.82) is 0 Å². The maximum absolute atomic E-state index is 11.9. The molecular formula is C19H22N2O. The summed E-state index contributed by atoms with van der Waals surface area (Å²) in [7, 11) is 3.52. The molecule has 1 aromatic heterocycles. The largest absolute Gasteiger partial charge is 0.345 e. The second-order valence-corrected chi connectivity index (χ2v) is 5.79. The predicted molar refractivity (Wildman–Crippen MR) is 91.7 cm³/mol. The van der Waals surface area contributed by atoms with Gasteiger partial charge in [-0.25, -0.2) is 0 Å². The number of aromatic nitrogens is 1. The lowest BCUT2D eigenvalue weighted by Crippen LogP contribution is -2.21. The van der Waals surface area contributed by atoms with E-state index in [1.807, 2.05) is 37.4 Å². The highest BCUT2D eigenvalue weighted by atomic mass is 16.2. The molecule has 1 heterocycles. The summed E-state index contributed by atoms with van der Waals surface area (Å²) in [6.07, 6.45) is 4.03. The minimum Gasteiger partial charge on any atom is -0.345 e. The zero-order valence-electron chi connectivity index (χ0n) is 13.8. The summed E-state index contributed by atoms with van der Waals surface area (Å²) in [6.45, 7) is 6.16. The number of nitrogens with zero attached hydrogens (tertiary/aromatic N) is 2. The molecule has 0 fully saturated rings. The molecule has 0 atom stereocenters. The minimum atomic E-state index is 0.0201. The number of hydrogen-bond acceptors (Lipinski definition) is 2. The molecule has 0 radical (unpaired) electrons. The second-order valence-electron chi connectivity index (χ2n) is 5.79. The zero-order valence-corrected chi connectivity index (χ0v) is 13.8. The molecule has 3 heteroatoms. The highest BCUT2D eigenvalue weighted by molar-refractivity contribution is 5.94. The zero-order chi connectivity index (χ0) is 16.3. The minimum absolute atomic E-state index is 0.0201. The van der Waals surface area contributed by atoms with Gasteiger partial charge in [0.2, 0.25) is 0 Å². The van der Waals surface area contributed by atoms with E-state index < -0.39 is 0 Å². The number of benzene rings is 1. The van der Waals surface area contributed by atoms with Crippen molar-refractivity contribution in [1.82, 2.24) is 9.88 Å². The summed E-state index contributed by atoms with van der Waals surface area (Å²) >= 11 is 0. The Balaban J connectivity index is 2.27. The monoisotopic (exact) mass is 294 g/mol. The number of pyridine rings is 1. The fourth-order valence-corrected chi connectivity index (χ4v) is 2.31. The van der Waals surface area contributed by atoms with Crippen LogP contribution in [0.3, 0.4) is 0 Å². The number of rotatable bonds is 3. The van der Waals surface area contributed by atoms with Gasteiger partial charge in [0.15, 0.2) is 0 Å². The molecule has 22 heavy (non-hydrogen) atoms. The van der Waals surface area contributed by atoms with Gasteiger partial charge in [0.1, 0.15) is 0 Å². The van der Waals surface area contributed by atoms with Gasteiger partial charge in [-0.3, -0.25) is 9.78 Å². The molecule has 3 nitrogen and oxygen atoms in total. The van der Waals surface area contributed by atoms with Gasteiger partial charge < -0.3 is 4.90 Å². The molecule has 2 rings (SSSR count). The van der Waals surface area contributed by atoms with Gasteiger partial charge >= 0.3 is 0 Å². The van der Waals surface area contributed by atoms with Crippen molar-refractivity contribution in [3.05, 3.63) is 64.5 Å². The van der Waals surface area contributed by atoms with E-state index in [4.69, 9.17) is 0 Å². The van der Waals surface area contributed by atoms with Crippen LogP contribution in [0.15, 0.2) is 36.5 Å². The molecule has 0 saturated carbocycles. The Kier molecular flexibility index (Phi) is 4.76. The molecule has 0 bridgehead atoms. The fraction of sp³-hybridized carbons (Fsp3) is 0.263. The van der Waals surface area contributed by atoms with Crippen molar-refractivity contribution < 1.29 is 4.79 Å². The van der Waals surface area contributed by atoms with Gasteiger partial charge in [-0.2, -0.15) is 0 Å². The average Bonchev–Trinajstić information content (AvgIpc) is 2.49. The van der Waals surface area contributed by atoms with Gasteiger partial charge in [0.05, 0.1) is 0 Å². The topological polar surface area (TPSA) is 33.2 Å². The fourth-order valence-electron chi connectivity index (χ4n) is 2.31. The first-order valence-corrected chi connectivity index (χ1v) is 7.32. The predicted octanol–water partition coefficient (Wildman–Crippen LogP) is 3.96. The molecule has 0 unspecified atom stereocenters. The Morgan fingerprint density at radius 3 is 2.23 bits per heavy atom. The summed E-state index contributed by atoms with van der Waals surface area (Å²) < 4.78 is 0. The number of carbonyl (C=O) groups is 1. The third-order valence-electron chi connectivity index (χ3n) is 3.65. The molecule has 1 amide bonds. The lowest BCUT2D eigenvalue weighted by Gasteiger charge is -2.11. The highest BCUT2D eigenvalue weighted by Crippen LogP contribution is 2.20. The van der Waals surface area contributed by atoms with E-state index >= 15 is 0 Å². The lowest BCUT2D eigenvalue weighted by molar-refractivity contribution is 0.0827. The number of carbonyl (C=O) groups excluding carboxylic acids is 1. The van der Waals surface area contributed by atoms with Crippen molar-refractivity contribution in [3.8, 4) is 0 Å².